The highest BCUT2D eigenvalue weighted by Crippen LogP contribution is 2.23. The summed E-state index contributed by atoms with van der Waals surface area (Å²) in [6.45, 7) is 3.92. The quantitative estimate of drug-likeness (QED) is 0.573. The van der Waals surface area contributed by atoms with E-state index in [-0.39, 0.29) is 18.1 Å². The van der Waals surface area contributed by atoms with Crippen LogP contribution in [0.1, 0.15) is 25.1 Å². The van der Waals surface area contributed by atoms with Gasteiger partial charge in [0.05, 0.1) is 18.3 Å². The van der Waals surface area contributed by atoms with E-state index in [1.54, 1.807) is 30.5 Å². The number of hydrogen-bond donors (Lipinski definition) is 2. The fourth-order valence-electron chi connectivity index (χ4n) is 2.61. The molecule has 0 saturated carbocycles. The summed E-state index contributed by atoms with van der Waals surface area (Å²) in [5.41, 5.74) is 4.05. The molecule has 3 aromatic rings. The minimum Gasteiger partial charge on any atom is -0.508 e. The van der Waals surface area contributed by atoms with Gasteiger partial charge < -0.3 is 10.4 Å². The second-order valence-corrected chi connectivity index (χ2v) is 7.52. The Morgan fingerprint density at radius 3 is 2.43 bits per heavy atom. The molecule has 0 spiro atoms. The number of phenolic OH excluding ortho intramolecular Hbond substituents is 1. The molecule has 0 aliphatic heterocycles. The summed E-state index contributed by atoms with van der Waals surface area (Å²) in [5.74, 6) is 0.460. The SMILES string of the molecule is CC(C)=Cc1nc(-c2ccc(O)cc2)cnc1NC(=O)Cc1ccc(Br)cc1. The van der Waals surface area contributed by atoms with Crippen molar-refractivity contribution in [3.05, 3.63) is 76.0 Å². The zero-order valence-electron chi connectivity index (χ0n) is 15.6. The Morgan fingerprint density at radius 2 is 1.79 bits per heavy atom. The van der Waals surface area contributed by atoms with E-state index >= 15 is 0 Å². The van der Waals surface area contributed by atoms with E-state index in [1.165, 1.54) is 0 Å². The first-order chi connectivity index (χ1) is 13.4. The van der Waals surface area contributed by atoms with E-state index in [1.807, 2.05) is 44.2 Å². The molecule has 0 bridgehead atoms. The van der Waals surface area contributed by atoms with E-state index in [9.17, 15) is 9.90 Å². The number of aromatic nitrogens is 2. The summed E-state index contributed by atoms with van der Waals surface area (Å²) in [6, 6.07) is 14.4. The number of aromatic hydroxyl groups is 1. The van der Waals surface area contributed by atoms with Crippen molar-refractivity contribution in [1.29, 1.82) is 0 Å². The van der Waals surface area contributed by atoms with Gasteiger partial charge in [0, 0.05) is 10.0 Å². The Labute approximate surface area is 172 Å². The average molecular weight is 438 g/mol. The molecule has 0 aliphatic rings. The first-order valence-electron chi connectivity index (χ1n) is 8.76. The summed E-state index contributed by atoms with van der Waals surface area (Å²) >= 11 is 3.39. The van der Waals surface area contributed by atoms with Crippen LogP contribution in [-0.4, -0.2) is 21.0 Å². The van der Waals surface area contributed by atoms with Crippen LogP contribution in [0.2, 0.25) is 0 Å². The van der Waals surface area contributed by atoms with Crippen molar-refractivity contribution in [2.45, 2.75) is 20.3 Å². The number of rotatable bonds is 5. The number of benzene rings is 2. The largest absolute Gasteiger partial charge is 0.508 e. The molecule has 2 aromatic carbocycles. The number of halogens is 1. The fraction of sp³-hybridized carbons (Fsp3) is 0.136. The van der Waals surface area contributed by atoms with Gasteiger partial charge in [0.25, 0.3) is 0 Å². The monoisotopic (exact) mass is 437 g/mol. The molecule has 0 atom stereocenters. The molecule has 5 nitrogen and oxygen atoms in total. The Kier molecular flexibility index (Phi) is 6.21. The molecule has 0 fully saturated rings. The third kappa shape index (κ3) is 5.27. The van der Waals surface area contributed by atoms with Crippen LogP contribution in [0.15, 0.2) is 64.8 Å². The van der Waals surface area contributed by atoms with E-state index in [0.717, 1.165) is 21.2 Å². The van der Waals surface area contributed by atoms with Gasteiger partial charge in [0.2, 0.25) is 5.91 Å². The highest BCUT2D eigenvalue weighted by Gasteiger charge is 2.11. The van der Waals surface area contributed by atoms with Gasteiger partial charge in [-0.1, -0.05) is 33.6 Å². The zero-order valence-corrected chi connectivity index (χ0v) is 17.2. The molecule has 0 unspecified atom stereocenters. The number of allylic oxidation sites excluding steroid dienone is 1. The van der Waals surface area contributed by atoms with Crippen LogP contribution in [0.25, 0.3) is 17.3 Å². The molecule has 0 radical (unpaired) electrons. The molecule has 1 heterocycles. The maximum atomic E-state index is 12.5. The van der Waals surface area contributed by atoms with E-state index < -0.39 is 0 Å². The first kappa shape index (κ1) is 19.8. The van der Waals surface area contributed by atoms with Crippen LogP contribution in [0.5, 0.6) is 5.75 Å². The van der Waals surface area contributed by atoms with Gasteiger partial charge in [0.1, 0.15) is 11.4 Å². The predicted octanol–water partition coefficient (Wildman–Crippen LogP) is 5.22. The minimum atomic E-state index is -0.155. The summed E-state index contributed by atoms with van der Waals surface area (Å²) in [5, 5.41) is 12.3. The number of carbonyl (C=O) groups is 1. The third-order valence-electron chi connectivity index (χ3n) is 3.92. The van der Waals surface area contributed by atoms with Crippen molar-refractivity contribution in [1.82, 2.24) is 9.97 Å². The topological polar surface area (TPSA) is 75.1 Å². The molecule has 0 aliphatic carbocycles. The average Bonchev–Trinajstić information content (AvgIpc) is 2.65. The summed E-state index contributed by atoms with van der Waals surface area (Å²) < 4.78 is 0.971. The second-order valence-electron chi connectivity index (χ2n) is 6.61. The van der Waals surface area contributed by atoms with Crippen molar-refractivity contribution in [2.75, 3.05) is 5.32 Å². The molecule has 1 amide bonds. The van der Waals surface area contributed by atoms with E-state index in [0.29, 0.717) is 17.2 Å². The Hall–Kier alpha value is -2.99. The molecule has 3 rings (SSSR count). The Balaban J connectivity index is 1.85. The van der Waals surface area contributed by atoms with Crippen LogP contribution in [0.4, 0.5) is 5.82 Å². The molecule has 28 heavy (non-hydrogen) atoms. The van der Waals surface area contributed by atoms with Crippen LogP contribution >= 0.6 is 15.9 Å². The number of carbonyl (C=O) groups excluding carboxylic acids is 1. The number of nitrogens with zero attached hydrogens (tertiary/aromatic N) is 2. The Bertz CT molecular complexity index is 1010. The van der Waals surface area contributed by atoms with Crippen molar-refractivity contribution in [2.24, 2.45) is 0 Å². The van der Waals surface area contributed by atoms with Crippen molar-refractivity contribution in [3.8, 4) is 17.0 Å². The van der Waals surface area contributed by atoms with E-state index in [2.05, 4.69) is 31.2 Å². The lowest BCUT2D eigenvalue weighted by Gasteiger charge is -2.10. The molecular weight excluding hydrogens is 418 g/mol. The minimum absolute atomic E-state index is 0.155. The molecular formula is C22H20BrN3O2. The van der Waals surface area contributed by atoms with Gasteiger partial charge in [-0.2, -0.15) is 0 Å². The highest BCUT2D eigenvalue weighted by molar-refractivity contribution is 9.10. The lowest BCUT2D eigenvalue weighted by Crippen LogP contribution is -2.16. The number of nitrogens with one attached hydrogen (secondary N) is 1. The smallest absolute Gasteiger partial charge is 0.230 e. The lowest BCUT2D eigenvalue weighted by atomic mass is 10.1. The predicted molar refractivity (Wildman–Crippen MR) is 115 cm³/mol. The molecule has 1 aromatic heterocycles. The number of amides is 1. The lowest BCUT2D eigenvalue weighted by molar-refractivity contribution is -0.115. The van der Waals surface area contributed by atoms with Gasteiger partial charge in [-0.15, -0.1) is 0 Å². The molecule has 142 valence electrons. The van der Waals surface area contributed by atoms with Crippen molar-refractivity contribution >= 4 is 33.7 Å². The maximum absolute atomic E-state index is 12.5. The highest BCUT2D eigenvalue weighted by atomic mass is 79.9. The maximum Gasteiger partial charge on any atom is 0.230 e. The van der Waals surface area contributed by atoms with Crippen LogP contribution < -0.4 is 5.32 Å². The summed E-state index contributed by atoms with van der Waals surface area (Å²) in [7, 11) is 0. The third-order valence-corrected chi connectivity index (χ3v) is 4.45. The number of anilines is 1. The first-order valence-corrected chi connectivity index (χ1v) is 9.55. The van der Waals surface area contributed by atoms with Gasteiger partial charge in [-0.3, -0.25) is 4.79 Å². The standard InChI is InChI=1S/C22H20BrN3O2/c1-14(2)11-19-22(26-21(28)12-15-3-7-17(23)8-4-15)24-13-20(25-19)16-5-9-18(27)10-6-16/h3-11,13,27H,12H2,1-2H3,(H,24,26,28). The number of hydrogen-bond acceptors (Lipinski definition) is 4. The fourth-order valence-corrected chi connectivity index (χ4v) is 2.87. The van der Waals surface area contributed by atoms with Gasteiger partial charge in [0.15, 0.2) is 5.82 Å². The Morgan fingerprint density at radius 1 is 1.11 bits per heavy atom. The van der Waals surface area contributed by atoms with Crippen molar-refractivity contribution < 1.29 is 9.90 Å². The van der Waals surface area contributed by atoms with Crippen LogP contribution in [-0.2, 0) is 11.2 Å². The van der Waals surface area contributed by atoms with Gasteiger partial charge in [-0.05, 0) is 61.9 Å². The number of phenols is 1. The zero-order chi connectivity index (χ0) is 20.1. The molecule has 6 heteroatoms. The van der Waals surface area contributed by atoms with Crippen molar-refractivity contribution in [3.63, 3.8) is 0 Å². The van der Waals surface area contributed by atoms with Gasteiger partial charge in [-0.25, -0.2) is 9.97 Å². The summed E-state index contributed by atoms with van der Waals surface area (Å²) in [4.78, 5) is 21.5. The van der Waals surface area contributed by atoms with Gasteiger partial charge >= 0.3 is 0 Å². The second kappa shape index (κ2) is 8.80. The van der Waals surface area contributed by atoms with E-state index in [4.69, 9.17) is 0 Å². The van der Waals surface area contributed by atoms with Crippen LogP contribution in [0, 0.1) is 0 Å². The van der Waals surface area contributed by atoms with Crippen LogP contribution in [0.3, 0.4) is 0 Å². The molecule has 2 N–H and O–H groups in total. The molecule has 0 saturated heterocycles. The summed E-state index contributed by atoms with van der Waals surface area (Å²) in [6.07, 6.45) is 3.75. The normalized spacial score (nSPS) is 10.4.